The van der Waals surface area contributed by atoms with E-state index in [1.165, 1.54) is 29.0 Å². The fraction of sp³-hybridized carbons (Fsp3) is 0.714. The zero-order valence-corrected chi connectivity index (χ0v) is 12.2. The fourth-order valence-corrected chi connectivity index (χ4v) is 4.10. The van der Waals surface area contributed by atoms with Gasteiger partial charge in [0.25, 0.3) is 0 Å². The van der Waals surface area contributed by atoms with E-state index < -0.39 is 0 Å². The Morgan fingerprint density at radius 1 is 1.39 bits per heavy atom. The van der Waals surface area contributed by atoms with Crippen LogP contribution in [0.25, 0.3) is 0 Å². The molecule has 18 heavy (non-hydrogen) atoms. The van der Waals surface area contributed by atoms with E-state index in [2.05, 4.69) is 31.4 Å². The monoisotopic (exact) mass is 268 g/mol. The van der Waals surface area contributed by atoms with Crippen LogP contribution in [0.15, 0.2) is 12.1 Å². The van der Waals surface area contributed by atoms with E-state index in [0.29, 0.717) is 0 Å². The Balaban J connectivity index is 2.26. The molecule has 4 heteroatoms. The van der Waals surface area contributed by atoms with Gasteiger partial charge in [0.05, 0.1) is 11.6 Å². The van der Waals surface area contributed by atoms with Crippen molar-refractivity contribution < 1.29 is 4.74 Å². The molecule has 0 amide bonds. The Labute approximate surface area is 114 Å². The number of hydrogen-bond acceptors (Lipinski definition) is 4. The molecule has 3 nitrogen and oxygen atoms in total. The Hall–Kier alpha value is -0.420. The maximum atomic E-state index is 6.15. The fourth-order valence-electron chi connectivity index (χ4n) is 3.06. The highest BCUT2D eigenvalue weighted by molar-refractivity contribution is 7.12. The summed E-state index contributed by atoms with van der Waals surface area (Å²) in [5.41, 5.74) is 2.90. The first kappa shape index (κ1) is 14.0. The molecule has 1 atom stereocenters. The van der Waals surface area contributed by atoms with Gasteiger partial charge in [-0.1, -0.05) is 19.3 Å². The van der Waals surface area contributed by atoms with Crippen LogP contribution in [0.1, 0.15) is 54.8 Å². The van der Waals surface area contributed by atoms with Crippen LogP contribution >= 0.6 is 11.3 Å². The van der Waals surface area contributed by atoms with E-state index in [4.69, 9.17) is 10.6 Å². The molecule has 1 fully saturated rings. The summed E-state index contributed by atoms with van der Waals surface area (Å²) in [6, 6.07) is 4.46. The van der Waals surface area contributed by atoms with Crippen molar-refractivity contribution in [3.05, 3.63) is 21.9 Å². The predicted octanol–water partition coefficient (Wildman–Crippen LogP) is 3.30. The van der Waals surface area contributed by atoms with Crippen molar-refractivity contribution in [2.75, 3.05) is 6.61 Å². The van der Waals surface area contributed by atoms with Gasteiger partial charge < -0.3 is 4.74 Å². The standard InChI is InChI=1S/C14H24N2OS/c1-3-17-14(9-5-4-6-10-14)13(16-15)12-8-7-11(2)18-12/h7-8,13,16H,3-6,9-10,15H2,1-2H3. The zero-order chi connectivity index (χ0) is 13.0. The minimum absolute atomic E-state index is 0.112. The Kier molecular flexibility index (Phi) is 4.78. The van der Waals surface area contributed by atoms with Gasteiger partial charge in [-0.05, 0) is 38.8 Å². The molecule has 1 unspecified atom stereocenters. The molecule has 1 heterocycles. The normalized spacial score (nSPS) is 20.8. The summed E-state index contributed by atoms with van der Waals surface area (Å²) in [6.45, 7) is 4.96. The largest absolute Gasteiger partial charge is 0.373 e. The molecular weight excluding hydrogens is 244 g/mol. The summed E-state index contributed by atoms with van der Waals surface area (Å²) >= 11 is 1.82. The van der Waals surface area contributed by atoms with Crippen LogP contribution in [-0.2, 0) is 4.74 Å². The summed E-state index contributed by atoms with van der Waals surface area (Å²) in [5, 5.41) is 0. The molecule has 102 valence electrons. The second kappa shape index (κ2) is 6.15. The number of nitrogens with one attached hydrogen (secondary N) is 1. The van der Waals surface area contributed by atoms with E-state index in [-0.39, 0.29) is 11.6 Å². The van der Waals surface area contributed by atoms with Crippen molar-refractivity contribution in [2.24, 2.45) is 5.84 Å². The Bertz CT molecular complexity index is 366. The van der Waals surface area contributed by atoms with Crippen LogP contribution in [0.4, 0.5) is 0 Å². The summed E-state index contributed by atoms with van der Waals surface area (Å²) < 4.78 is 6.15. The molecule has 0 bridgehead atoms. The summed E-state index contributed by atoms with van der Waals surface area (Å²) in [5.74, 6) is 5.84. The van der Waals surface area contributed by atoms with Gasteiger partial charge in [0.2, 0.25) is 0 Å². The van der Waals surface area contributed by atoms with Gasteiger partial charge in [-0.25, -0.2) is 5.43 Å². The molecule has 1 saturated carbocycles. The minimum Gasteiger partial charge on any atom is -0.373 e. The van der Waals surface area contributed by atoms with Crippen LogP contribution in [-0.4, -0.2) is 12.2 Å². The first-order valence-corrected chi connectivity index (χ1v) is 7.70. The summed E-state index contributed by atoms with van der Waals surface area (Å²) in [7, 11) is 0. The number of nitrogens with two attached hydrogens (primary N) is 1. The average Bonchev–Trinajstić information content (AvgIpc) is 2.78. The average molecular weight is 268 g/mol. The highest BCUT2D eigenvalue weighted by Crippen LogP contribution is 2.42. The first-order chi connectivity index (χ1) is 8.72. The highest BCUT2D eigenvalue weighted by Gasteiger charge is 2.41. The van der Waals surface area contributed by atoms with Crippen LogP contribution in [0.5, 0.6) is 0 Å². The minimum atomic E-state index is -0.112. The third-order valence-corrected chi connectivity index (χ3v) is 4.94. The van der Waals surface area contributed by atoms with Crippen molar-refractivity contribution in [1.82, 2.24) is 5.43 Å². The van der Waals surface area contributed by atoms with Gasteiger partial charge in [-0.3, -0.25) is 5.84 Å². The number of rotatable bonds is 5. The third kappa shape index (κ3) is 2.77. The van der Waals surface area contributed by atoms with E-state index in [0.717, 1.165) is 19.4 Å². The van der Waals surface area contributed by atoms with Crippen molar-refractivity contribution in [1.29, 1.82) is 0 Å². The van der Waals surface area contributed by atoms with E-state index in [9.17, 15) is 0 Å². The molecule has 0 spiro atoms. The lowest BCUT2D eigenvalue weighted by atomic mass is 9.78. The van der Waals surface area contributed by atoms with Gasteiger partial charge in [-0.15, -0.1) is 11.3 Å². The van der Waals surface area contributed by atoms with Gasteiger partial charge in [0.15, 0.2) is 0 Å². The molecule has 2 rings (SSSR count). The molecule has 1 aromatic rings. The van der Waals surface area contributed by atoms with E-state index >= 15 is 0 Å². The van der Waals surface area contributed by atoms with Crippen molar-refractivity contribution >= 4 is 11.3 Å². The number of ether oxygens (including phenoxy) is 1. The van der Waals surface area contributed by atoms with Crippen molar-refractivity contribution in [3.63, 3.8) is 0 Å². The second-order valence-electron chi connectivity index (χ2n) is 5.11. The SMILES string of the molecule is CCOC1(C(NN)c2ccc(C)s2)CCCCC1. The van der Waals surface area contributed by atoms with Crippen LogP contribution < -0.4 is 11.3 Å². The molecular formula is C14H24N2OS. The Morgan fingerprint density at radius 3 is 2.61 bits per heavy atom. The second-order valence-corrected chi connectivity index (χ2v) is 6.43. The van der Waals surface area contributed by atoms with Crippen molar-refractivity contribution in [2.45, 2.75) is 57.6 Å². The molecule has 1 aliphatic carbocycles. The van der Waals surface area contributed by atoms with E-state index in [1.807, 2.05) is 11.3 Å². The maximum absolute atomic E-state index is 6.15. The lowest BCUT2D eigenvalue weighted by molar-refractivity contribution is -0.0906. The third-order valence-electron chi connectivity index (χ3n) is 3.87. The molecule has 0 saturated heterocycles. The number of hydrazine groups is 1. The molecule has 0 aromatic carbocycles. The number of thiophene rings is 1. The molecule has 1 aliphatic rings. The first-order valence-electron chi connectivity index (χ1n) is 6.88. The van der Waals surface area contributed by atoms with Crippen LogP contribution in [0.2, 0.25) is 0 Å². The van der Waals surface area contributed by atoms with Gasteiger partial charge in [-0.2, -0.15) is 0 Å². The molecule has 0 aliphatic heterocycles. The molecule has 3 N–H and O–H groups in total. The van der Waals surface area contributed by atoms with Gasteiger partial charge >= 0.3 is 0 Å². The number of aryl methyl sites for hydroxylation is 1. The lowest BCUT2D eigenvalue weighted by Crippen LogP contribution is -2.49. The quantitative estimate of drug-likeness (QED) is 0.636. The highest BCUT2D eigenvalue weighted by atomic mass is 32.1. The topological polar surface area (TPSA) is 47.3 Å². The predicted molar refractivity (Wildman–Crippen MR) is 76.6 cm³/mol. The van der Waals surface area contributed by atoms with E-state index in [1.54, 1.807) is 0 Å². The molecule has 0 radical (unpaired) electrons. The lowest BCUT2D eigenvalue weighted by Gasteiger charge is -2.42. The van der Waals surface area contributed by atoms with Crippen LogP contribution in [0, 0.1) is 6.92 Å². The van der Waals surface area contributed by atoms with Crippen molar-refractivity contribution in [3.8, 4) is 0 Å². The summed E-state index contributed by atoms with van der Waals surface area (Å²) in [6.07, 6.45) is 6.00. The van der Waals surface area contributed by atoms with Gasteiger partial charge in [0, 0.05) is 16.4 Å². The van der Waals surface area contributed by atoms with Gasteiger partial charge in [0.1, 0.15) is 0 Å². The summed E-state index contributed by atoms with van der Waals surface area (Å²) in [4.78, 5) is 2.62. The maximum Gasteiger partial charge on any atom is 0.0897 e. The Morgan fingerprint density at radius 2 is 2.11 bits per heavy atom. The number of hydrogen-bond donors (Lipinski definition) is 2. The molecule has 1 aromatic heterocycles. The zero-order valence-electron chi connectivity index (χ0n) is 11.4. The van der Waals surface area contributed by atoms with Crippen LogP contribution in [0.3, 0.4) is 0 Å². The smallest absolute Gasteiger partial charge is 0.0897 e.